The second-order valence-corrected chi connectivity index (χ2v) is 3.81. The summed E-state index contributed by atoms with van der Waals surface area (Å²) in [5, 5.41) is 5.41. The van der Waals surface area contributed by atoms with Gasteiger partial charge in [-0.3, -0.25) is 4.68 Å². The average Bonchev–Trinajstić information content (AvgIpc) is 2.53. The van der Waals surface area contributed by atoms with E-state index in [1.807, 2.05) is 11.7 Å². The van der Waals surface area contributed by atoms with Gasteiger partial charge >= 0.3 is 0 Å². The standard InChI is InChI=1S/C12H17N3/c1-4-8-6-7-10-11(9(8)5-2)12(13)14-15(10)3/h6-7H,4-5H2,1-3H3,(H2,13,14). The first kappa shape index (κ1) is 10.0. The molecule has 2 rings (SSSR count). The number of aryl methyl sites for hydroxylation is 3. The van der Waals surface area contributed by atoms with E-state index >= 15 is 0 Å². The molecule has 1 heterocycles. The van der Waals surface area contributed by atoms with E-state index in [1.54, 1.807) is 0 Å². The first-order chi connectivity index (χ1) is 7.19. The van der Waals surface area contributed by atoms with Crippen molar-refractivity contribution in [1.29, 1.82) is 0 Å². The summed E-state index contributed by atoms with van der Waals surface area (Å²) >= 11 is 0. The highest BCUT2D eigenvalue weighted by Crippen LogP contribution is 2.27. The van der Waals surface area contributed by atoms with Crippen LogP contribution in [0.4, 0.5) is 5.82 Å². The van der Waals surface area contributed by atoms with E-state index in [2.05, 4.69) is 31.1 Å². The number of hydrogen-bond acceptors (Lipinski definition) is 2. The van der Waals surface area contributed by atoms with Crippen molar-refractivity contribution < 1.29 is 0 Å². The Balaban J connectivity index is 2.86. The predicted octanol–water partition coefficient (Wildman–Crippen LogP) is 2.28. The molecule has 0 fully saturated rings. The minimum atomic E-state index is 0.652. The number of fused-ring (bicyclic) bond motifs is 1. The minimum Gasteiger partial charge on any atom is -0.382 e. The third kappa shape index (κ3) is 1.39. The molecule has 0 unspecified atom stereocenters. The SMILES string of the molecule is CCc1ccc2c(c(N)nn2C)c1CC. The zero-order chi connectivity index (χ0) is 11.0. The van der Waals surface area contributed by atoms with Crippen molar-refractivity contribution in [2.45, 2.75) is 26.7 Å². The van der Waals surface area contributed by atoms with Crippen molar-refractivity contribution in [3.63, 3.8) is 0 Å². The number of rotatable bonds is 2. The largest absolute Gasteiger partial charge is 0.382 e. The fourth-order valence-electron chi connectivity index (χ4n) is 2.23. The van der Waals surface area contributed by atoms with Gasteiger partial charge in [-0.15, -0.1) is 0 Å². The topological polar surface area (TPSA) is 43.8 Å². The monoisotopic (exact) mass is 203 g/mol. The number of nitrogen functional groups attached to an aromatic ring is 1. The first-order valence-corrected chi connectivity index (χ1v) is 5.42. The third-order valence-corrected chi connectivity index (χ3v) is 2.98. The van der Waals surface area contributed by atoms with Gasteiger partial charge in [0, 0.05) is 12.4 Å². The van der Waals surface area contributed by atoms with Crippen molar-refractivity contribution in [1.82, 2.24) is 9.78 Å². The normalized spacial score (nSPS) is 11.1. The molecular formula is C12H17N3. The highest BCUT2D eigenvalue weighted by molar-refractivity contribution is 5.93. The molecule has 0 aliphatic heterocycles. The number of aromatic nitrogens is 2. The van der Waals surface area contributed by atoms with Gasteiger partial charge in [-0.1, -0.05) is 19.9 Å². The van der Waals surface area contributed by atoms with Gasteiger partial charge in [0.15, 0.2) is 5.82 Å². The first-order valence-electron chi connectivity index (χ1n) is 5.42. The number of nitrogens with zero attached hydrogens (tertiary/aromatic N) is 2. The Morgan fingerprint density at radius 3 is 2.60 bits per heavy atom. The summed E-state index contributed by atoms with van der Waals surface area (Å²) in [6, 6.07) is 4.29. The number of hydrogen-bond donors (Lipinski definition) is 1. The Kier molecular flexibility index (Phi) is 2.39. The molecule has 0 amide bonds. The maximum absolute atomic E-state index is 5.95. The van der Waals surface area contributed by atoms with Crippen LogP contribution < -0.4 is 5.73 Å². The molecule has 2 aromatic rings. The minimum absolute atomic E-state index is 0.652. The predicted molar refractivity (Wildman–Crippen MR) is 63.9 cm³/mol. The van der Waals surface area contributed by atoms with E-state index in [4.69, 9.17) is 5.73 Å². The van der Waals surface area contributed by atoms with E-state index in [-0.39, 0.29) is 0 Å². The molecule has 0 bridgehead atoms. The zero-order valence-electron chi connectivity index (χ0n) is 9.54. The highest BCUT2D eigenvalue weighted by atomic mass is 15.3. The maximum Gasteiger partial charge on any atom is 0.153 e. The summed E-state index contributed by atoms with van der Waals surface area (Å²) in [6.07, 6.45) is 2.06. The Hall–Kier alpha value is -1.51. The maximum atomic E-state index is 5.95. The lowest BCUT2D eigenvalue weighted by atomic mass is 9.99. The van der Waals surface area contributed by atoms with E-state index in [9.17, 15) is 0 Å². The summed E-state index contributed by atoms with van der Waals surface area (Å²) in [6.45, 7) is 4.34. The van der Waals surface area contributed by atoms with Gasteiger partial charge < -0.3 is 5.73 Å². The molecule has 2 N–H and O–H groups in total. The summed E-state index contributed by atoms with van der Waals surface area (Å²) < 4.78 is 1.85. The van der Waals surface area contributed by atoms with E-state index < -0.39 is 0 Å². The van der Waals surface area contributed by atoms with Gasteiger partial charge in [-0.2, -0.15) is 5.10 Å². The van der Waals surface area contributed by atoms with Crippen LogP contribution in [0.3, 0.4) is 0 Å². The number of anilines is 1. The number of benzene rings is 1. The summed E-state index contributed by atoms with van der Waals surface area (Å²) in [7, 11) is 1.93. The van der Waals surface area contributed by atoms with Crippen molar-refractivity contribution in [3.05, 3.63) is 23.3 Å². The van der Waals surface area contributed by atoms with Crippen LogP contribution in [0.5, 0.6) is 0 Å². The average molecular weight is 203 g/mol. The lowest BCUT2D eigenvalue weighted by Gasteiger charge is -2.07. The Bertz CT molecular complexity index is 497. The van der Waals surface area contributed by atoms with Crippen LogP contribution in [0.15, 0.2) is 12.1 Å². The smallest absolute Gasteiger partial charge is 0.153 e. The lowest BCUT2D eigenvalue weighted by Crippen LogP contribution is -1.94. The molecule has 0 aliphatic rings. The molecule has 3 nitrogen and oxygen atoms in total. The second kappa shape index (κ2) is 3.57. The Morgan fingerprint density at radius 2 is 2.00 bits per heavy atom. The molecule has 0 saturated heterocycles. The van der Waals surface area contributed by atoms with Gasteiger partial charge in [-0.05, 0) is 30.0 Å². The van der Waals surface area contributed by atoms with Crippen molar-refractivity contribution in [2.24, 2.45) is 7.05 Å². The molecule has 1 aromatic heterocycles. The molecule has 3 heteroatoms. The Morgan fingerprint density at radius 1 is 1.27 bits per heavy atom. The molecular weight excluding hydrogens is 186 g/mol. The highest BCUT2D eigenvalue weighted by Gasteiger charge is 2.11. The molecule has 80 valence electrons. The zero-order valence-corrected chi connectivity index (χ0v) is 9.54. The molecule has 0 saturated carbocycles. The van der Waals surface area contributed by atoms with Crippen molar-refractivity contribution in [3.8, 4) is 0 Å². The van der Waals surface area contributed by atoms with E-state index in [1.165, 1.54) is 11.1 Å². The van der Waals surface area contributed by atoms with Crippen LogP contribution >= 0.6 is 0 Å². The van der Waals surface area contributed by atoms with Crippen LogP contribution in [0.1, 0.15) is 25.0 Å². The van der Waals surface area contributed by atoms with Gasteiger partial charge in [0.2, 0.25) is 0 Å². The van der Waals surface area contributed by atoms with Gasteiger partial charge in [0.1, 0.15) is 0 Å². The van der Waals surface area contributed by atoms with Gasteiger partial charge in [0.05, 0.1) is 5.52 Å². The molecule has 1 aromatic carbocycles. The van der Waals surface area contributed by atoms with Gasteiger partial charge in [0.25, 0.3) is 0 Å². The fraction of sp³-hybridized carbons (Fsp3) is 0.417. The summed E-state index contributed by atoms with van der Waals surface area (Å²) in [5.41, 5.74) is 9.80. The summed E-state index contributed by atoms with van der Waals surface area (Å²) in [5.74, 6) is 0.652. The van der Waals surface area contributed by atoms with Crippen molar-refractivity contribution >= 4 is 16.7 Å². The van der Waals surface area contributed by atoms with Crippen LogP contribution in [0.2, 0.25) is 0 Å². The quantitative estimate of drug-likeness (QED) is 0.813. The molecule has 15 heavy (non-hydrogen) atoms. The summed E-state index contributed by atoms with van der Waals surface area (Å²) in [4.78, 5) is 0. The number of nitrogens with two attached hydrogens (primary N) is 1. The van der Waals surface area contributed by atoms with Crippen LogP contribution in [-0.4, -0.2) is 9.78 Å². The van der Waals surface area contributed by atoms with Crippen LogP contribution in [0, 0.1) is 0 Å². The molecule has 0 spiro atoms. The molecule has 0 radical (unpaired) electrons. The Labute approximate surface area is 89.9 Å². The van der Waals surface area contributed by atoms with Gasteiger partial charge in [-0.25, -0.2) is 0 Å². The fourth-order valence-corrected chi connectivity index (χ4v) is 2.23. The lowest BCUT2D eigenvalue weighted by molar-refractivity contribution is 0.802. The molecule has 0 atom stereocenters. The van der Waals surface area contributed by atoms with Crippen molar-refractivity contribution in [2.75, 3.05) is 5.73 Å². The second-order valence-electron chi connectivity index (χ2n) is 3.81. The van der Waals surface area contributed by atoms with Crippen LogP contribution in [-0.2, 0) is 19.9 Å². The molecule has 0 aliphatic carbocycles. The van der Waals surface area contributed by atoms with E-state index in [0.717, 1.165) is 23.7 Å². The van der Waals surface area contributed by atoms with E-state index in [0.29, 0.717) is 5.82 Å². The third-order valence-electron chi connectivity index (χ3n) is 2.98. The van der Waals surface area contributed by atoms with Crippen LogP contribution in [0.25, 0.3) is 10.9 Å².